The first-order chi connectivity index (χ1) is 9.00. The highest BCUT2D eigenvalue weighted by Gasteiger charge is 2.48. The molecule has 0 amide bonds. The Morgan fingerprint density at radius 1 is 1.37 bits per heavy atom. The van der Waals surface area contributed by atoms with Gasteiger partial charge in [0, 0.05) is 19.0 Å². The van der Waals surface area contributed by atoms with Crippen LogP contribution in [0.2, 0.25) is 0 Å². The van der Waals surface area contributed by atoms with Crippen molar-refractivity contribution in [3.8, 4) is 0 Å². The molecule has 19 heavy (non-hydrogen) atoms. The molecule has 0 radical (unpaired) electrons. The van der Waals surface area contributed by atoms with Crippen LogP contribution >= 0.6 is 0 Å². The minimum absolute atomic E-state index is 0.133. The van der Waals surface area contributed by atoms with Crippen LogP contribution in [-0.2, 0) is 11.3 Å². The van der Waals surface area contributed by atoms with Gasteiger partial charge in [0.15, 0.2) is 0 Å². The summed E-state index contributed by atoms with van der Waals surface area (Å²) in [6.07, 6.45) is 0.880. The summed E-state index contributed by atoms with van der Waals surface area (Å²) in [5.74, 6) is -6.74. The molecule has 3 nitrogen and oxygen atoms in total. The normalized spacial score (nSPS) is 21.3. The molecule has 104 valence electrons. The monoisotopic (exact) mass is 269 g/mol. The highest BCUT2D eigenvalue weighted by atomic mass is 19.3. The topological polar surface area (TPSA) is 40.5 Å². The van der Waals surface area contributed by atoms with Crippen molar-refractivity contribution in [1.29, 1.82) is 0 Å². The van der Waals surface area contributed by atoms with Crippen molar-refractivity contribution < 1.29 is 18.7 Å². The number of aliphatic carboxylic acids is 1. The van der Waals surface area contributed by atoms with E-state index in [1.54, 1.807) is 0 Å². The van der Waals surface area contributed by atoms with E-state index in [1.807, 2.05) is 35.2 Å². The highest BCUT2D eigenvalue weighted by molar-refractivity contribution is 5.75. The number of carboxylic acids is 1. The third kappa shape index (κ3) is 3.29. The maximum atomic E-state index is 13.5. The van der Waals surface area contributed by atoms with E-state index in [-0.39, 0.29) is 13.0 Å². The van der Waals surface area contributed by atoms with Crippen LogP contribution in [0.25, 0.3) is 0 Å². The molecule has 1 unspecified atom stereocenters. The fourth-order valence-corrected chi connectivity index (χ4v) is 2.51. The number of nitrogens with zero attached hydrogens (tertiary/aromatic N) is 1. The molecule has 1 aromatic carbocycles. The van der Waals surface area contributed by atoms with Crippen LogP contribution in [0.3, 0.4) is 0 Å². The van der Waals surface area contributed by atoms with E-state index >= 15 is 0 Å². The molecule has 1 aromatic rings. The number of carbonyl (C=O) groups is 1. The average Bonchev–Trinajstić information content (AvgIpc) is 2.40. The largest absolute Gasteiger partial charge is 0.477 e. The second-order valence-corrected chi connectivity index (χ2v) is 4.99. The third-order valence-electron chi connectivity index (χ3n) is 3.55. The van der Waals surface area contributed by atoms with Gasteiger partial charge in [0.2, 0.25) is 0 Å². The van der Waals surface area contributed by atoms with E-state index in [2.05, 4.69) is 0 Å². The van der Waals surface area contributed by atoms with Gasteiger partial charge < -0.3 is 5.11 Å². The molecular weight excluding hydrogens is 252 g/mol. The van der Waals surface area contributed by atoms with Gasteiger partial charge in [0.05, 0.1) is 0 Å². The van der Waals surface area contributed by atoms with E-state index in [0.717, 1.165) is 12.1 Å². The molecule has 1 atom stereocenters. The Kier molecular flexibility index (Phi) is 4.14. The Morgan fingerprint density at radius 2 is 2.05 bits per heavy atom. The van der Waals surface area contributed by atoms with Gasteiger partial charge in [-0.2, -0.15) is 8.78 Å². The minimum atomic E-state index is -3.63. The van der Waals surface area contributed by atoms with Gasteiger partial charge in [0.1, 0.15) is 0 Å². The van der Waals surface area contributed by atoms with Crippen LogP contribution in [0.4, 0.5) is 8.78 Å². The summed E-state index contributed by atoms with van der Waals surface area (Å²) in [7, 11) is 0. The summed E-state index contributed by atoms with van der Waals surface area (Å²) in [4.78, 5) is 12.5. The number of carboxylic acid groups (broad SMARTS) is 1. The van der Waals surface area contributed by atoms with Gasteiger partial charge in [-0.15, -0.1) is 0 Å². The second kappa shape index (κ2) is 5.65. The number of rotatable bonds is 4. The lowest BCUT2D eigenvalue weighted by Gasteiger charge is -2.35. The van der Waals surface area contributed by atoms with Gasteiger partial charge in [0.25, 0.3) is 0 Å². The highest BCUT2D eigenvalue weighted by Crippen LogP contribution is 2.32. The van der Waals surface area contributed by atoms with E-state index in [9.17, 15) is 13.6 Å². The lowest BCUT2D eigenvalue weighted by atomic mass is 9.91. The van der Waals surface area contributed by atoms with Crippen LogP contribution < -0.4 is 0 Å². The average molecular weight is 269 g/mol. The smallest absolute Gasteiger partial charge is 0.374 e. The summed E-state index contributed by atoms with van der Waals surface area (Å²) in [5, 5.41) is 8.60. The maximum absolute atomic E-state index is 13.5. The number of hydrogen-bond donors (Lipinski definition) is 1. The van der Waals surface area contributed by atoms with Crippen LogP contribution in [0.5, 0.6) is 0 Å². The van der Waals surface area contributed by atoms with Crippen molar-refractivity contribution >= 4 is 5.97 Å². The first-order valence-corrected chi connectivity index (χ1v) is 6.37. The van der Waals surface area contributed by atoms with Crippen molar-refractivity contribution in [3.63, 3.8) is 0 Å². The standard InChI is InChI=1S/C14H17F2NO2/c15-14(16,13(18)19)12-7-4-8-17(10-12)9-11-5-2-1-3-6-11/h1-3,5-6,12H,4,7-10H2,(H,18,19). The summed E-state index contributed by atoms with van der Waals surface area (Å²) >= 11 is 0. The van der Waals surface area contributed by atoms with Crippen LogP contribution in [0.1, 0.15) is 18.4 Å². The SMILES string of the molecule is O=C(O)C(F)(F)C1CCCN(Cc2ccccc2)C1. The molecule has 0 saturated carbocycles. The third-order valence-corrected chi connectivity index (χ3v) is 3.55. The number of hydrogen-bond acceptors (Lipinski definition) is 2. The first-order valence-electron chi connectivity index (χ1n) is 6.37. The van der Waals surface area contributed by atoms with Gasteiger partial charge in [-0.1, -0.05) is 30.3 Å². The number of piperidine rings is 1. The van der Waals surface area contributed by atoms with Crippen molar-refractivity contribution in [2.24, 2.45) is 5.92 Å². The predicted octanol–water partition coefficient (Wildman–Crippen LogP) is 2.62. The Morgan fingerprint density at radius 3 is 2.68 bits per heavy atom. The van der Waals surface area contributed by atoms with E-state index in [0.29, 0.717) is 13.0 Å². The Hall–Kier alpha value is -1.49. The zero-order valence-electron chi connectivity index (χ0n) is 10.6. The molecule has 2 rings (SSSR count). The number of benzene rings is 1. The van der Waals surface area contributed by atoms with Crippen molar-refractivity contribution in [2.45, 2.75) is 25.3 Å². The summed E-state index contributed by atoms with van der Waals surface area (Å²) in [6.45, 7) is 1.46. The summed E-state index contributed by atoms with van der Waals surface area (Å²) in [6, 6.07) is 9.60. The molecule has 1 heterocycles. The van der Waals surface area contributed by atoms with Gasteiger partial charge in [-0.3, -0.25) is 4.90 Å². The van der Waals surface area contributed by atoms with E-state index < -0.39 is 17.8 Å². The molecular formula is C14H17F2NO2. The van der Waals surface area contributed by atoms with Crippen molar-refractivity contribution in [1.82, 2.24) is 4.90 Å². The zero-order chi connectivity index (χ0) is 13.9. The number of halogens is 2. The lowest BCUT2D eigenvalue weighted by Crippen LogP contribution is -2.46. The van der Waals surface area contributed by atoms with Gasteiger partial charge in [-0.05, 0) is 24.9 Å². The fourth-order valence-electron chi connectivity index (χ4n) is 2.51. The van der Waals surface area contributed by atoms with E-state index in [1.165, 1.54) is 0 Å². The molecule has 0 bridgehead atoms. The van der Waals surface area contributed by atoms with Gasteiger partial charge >= 0.3 is 11.9 Å². The first kappa shape index (κ1) is 13.9. The lowest BCUT2D eigenvalue weighted by molar-refractivity contribution is -0.176. The van der Waals surface area contributed by atoms with Crippen LogP contribution in [-0.4, -0.2) is 35.0 Å². The number of alkyl halides is 2. The summed E-state index contributed by atoms with van der Waals surface area (Å²) in [5.41, 5.74) is 1.06. The fraction of sp³-hybridized carbons (Fsp3) is 0.500. The maximum Gasteiger partial charge on any atom is 0.374 e. The number of likely N-dealkylation sites (tertiary alicyclic amines) is 1. The molecule has 5 heteroatoms. The van der Waals surface area contributed by atoms with E-state index in [4.69, 9.17) is 5.11 Å². The van der Waals surface area contributed by atoms with Crippen LogP contribution in [0, 0.1) is 5.92 Å². The minimum Gasteiger partial charge on any atom is -0.477 e. The molecule has 1 aliphatic heterocycles. The Labute approximate surface area is 110 Å². The quantitative estimate of drug-likeness (QED) is 0.913. The Balaban J connectivity index is 2.00. The molecule has 1 saturated heterocycles. The molecule has 0 spiro atoms. The zero-order valence-corrected chi connectivity index (χ0v) is 10.6. The molecule has 1 fully saturated rings. The van der Waals surface area contributed by atoms with Crippen LogP contribution in [0.15, 0.2) is 30.3 Å². The summed E-state index contributed by atoms with van der Waals surface area (Å²) < 4.78 is 27.0. The predicted molar refractivity (Wildman–Crippen MR) is 67.0 cm³/mol. The molecule has 0 aromatic heterocycles. The molecule has 0 aliphatic carbocycles. The molecule has 1 N–H and O–H groups in total. The van der Waals surface area contributed by atoms with Gasteiger partial charge in [-0.25, -0.2) is 4.79 Å². The van der Waals surface area contributed by atoms with Crippen molar-refractivity contribution in [3.05, 3.63) is 35.9 Å². The second-order valence-electron chi connectivity index (χ2n) is 4.99. The molecule has 1 aliphatic rings. The Bertz CT molecular complexity index is 436. The van der Waals surface area contributed by atoms with Crippen molar-refractivity contribution in [2.75, 3.05) is 13.1 Å².